The quantitative estimate of drug-likeness (QED) is 0.155. The lowest BCUT2D eigenvalue weighted by Crippen LogP contribution is -2.11. The molecule has 0 fully saturated rings. The highest BCUT2D eigenvalue weighted by atomic mass is 15.0. The Labute approximate surface area is 401 Å². The van der Waals surface area contributed by atoms with Gasteiger partial charge < -0.3 is 0 Å². The molecule has 10 rings (SSSR count). The Morgan fingerprint density at radius 2 is 0.397 bits per heavy atom. The van der Waals surface area contributed by atoms with Crippen molar-refractivity contribution in [2.24, 2.45) is 0 Å². The summed E-state index contributed by atoms with van der Waals surface area (Å²) in [6, 6.07) is 52.3. The molecule has 0 atom stereocenters. The van der Waals surface area contributed by atoms with E-state index < -0.39 is 0 Å². The first kappa shape index (κ1) is 44.6. The lowest BCUT2D eigenvalue weighted by atomic mass is 9.86. The minimum Gasteiger partial charge on any atom is -0.208 e. The smallest absolute Gasteiger partial charge is 0.164 e. The standard InChI is InChI=1S/C62H60N6/c1-59(2,3)47-25-17-37(18-26-47)53-63-54(38-19-27-48(28-20-38)60(4,5)6)66-57(65-53)45-33-41-13-15-43-35-46(36-44-16-14-42(34-45)51(41)52(43)44)58-67-55(39-21-29-49(30-22-39)61(7,8)9)64-56(68-58)40-23-31-50(32-24-40)62(10,11)12/h13-36H,1-12H3. The second kappa shape index (κ2) is 16.3. The summed E-state index contributed by atoms with van der Waals surface area (Å²) in [6.07, 6.45) is 0. The van der Waals surface area contributed by atoms with Crippen LogP contribution in [0.1, 0.15) is 105 Å². The number of hydrogen-bond donors (Lipinski definition) is 0. The number of rotatable bonds is 6. The zero-order chi connectivity index (χ0) is 47.9. The Hall–Kier alpha value is -7.18. The molecular formula is C62H60N6. The molecule has 10 aromatic rings. The largest absolute Gasteiger partial charge is 0.208 e. The van der Waals surface area contributed by atoms with Crippen LogP contribution in [0.4, 0.5) is 0 Å². The first-order valence-electron chi connectivity index (χ1n) is 23.8. The number of hydrogen-bond acceptors (Lipinski definition) is 6. The molecule has 0 N–H and O–H groups in total. The van der Waals surface area contributed by atoms with E-state index in [1.807, 2.05) is 0 Å². The maximum absolute atomic E-state index is 5.18. The fourth-order valence-electron chi connectivity index (χ4n) is 9.10. The molecule has 6 heteroatoms. The summed E-state index contributed by atoms with van der Waals surface area (Å²) in [5.41, 5.74) is 10.9. The number of nitrogens with zero attached hydrogens (tertiary/aromatic N) is 6. The predicted octanol–water partition coefficient (Wildman–Crippen LogP) is 16.1. The lowest BCUT2D eigenvalue weighted by molar-refractivity contribution is 0.590. The first-order chi connectivity index (χ1) is 32.2. The van der Waals surface area contributed by atoms with Crippen LogP contribution in [0.5, 0.6) is 0 Å². The monoisotopic (exact) mass is 888 g/mol. The van der Waals surface area contributed by atoms with E-state index in [4.69, 9.17) is 29.9 Å². The van der Waals surface area contributed by atoms with Gasteiger partial charge in [-0.15, -0.1) is 0 Å². The Kier molecular flexibility index (Phi) is 10.7. The van der Waals surface area contributed by atoms with Gasteiger partial charge >= 0.3 is 0 Å². The molecule has 6 nitrogen and oxygen atoms in total. The first-order valence-corrected chi connectivity index (χ1v) is 23.8. The Balaban J connectivity index is 1.08. The minimum atomic E-state index is 0.0347. The van der Waals surface area contributed by atoms with Crippen LogP contribution in [0, 0.1) is 0 Å². The summed E-state index contributed by atoms with van der Waals surface area (Å²) in [5, 5.41) is 6.90. The fourth-order valence-corrected chi connectivity index (χ4v) is 9.10. The van der Waals surface area contributed by atoms with Crippen LogP contribution in [0.3, 0.4) is 0 Å². The SMILES string of the molecule is CC(C)(C)c1ccc(-c2nc(-c3ccc(C(C)(C)C)cc3)nc(-c3cc4ccc5cc(-c6nc(-c7ccc(C(C)(C)C)cc7)nc(-c7ccc(C(C)(C)C)cc7)n6)cc6ccc(c3)c4c56)n2)cc1. The Bertz CT molecular complexity index is 3030. The highest BCUT2D eigenvalue weighted by Gasteiger charge is 2.22. The van der Waals surface area contributed by atoms with Crippen molar-refractivity contribution in [1.29, 1.82) is 0 Å². The van der Waals surface area contributed by atoms with Crippen molar-refractivity contribution in [3.63, 3.8) is 0 Å². The van der Waals surface area contributed by atoms with Gasteiger partial charge in [-0.2, -0.15) is 0 Å². The van der Waals surface area contributed by atoms with Gasteiger partial charge in [0.15, 0.2) is 34.9 Å². The van der Waals surface area contributed by atoms with E-state index in [-0.39, 0.29) is 21.7 Å². The van der Waals surface area contributed by atoms with Crippen LogP contribution in [-0.4, -0.2) is 29.9 Å². The van der Waals surface area contributed by atoms with Gasteiger partial charge in [-0.25, -0.2) is 29.9 Å². The van der Waals surface area contributed by atoms with Crippen LogP contribution < -0.4 is 0 Å². The van der Waals surface area contributed by atoms with Crippen LogP contribution in [0.2, 0.25) is 0 Å². The highest BCUT2D eigenvalue weighted by Crippen LogP contribution is 2.40. The van der Waals surface area contributed by atoms with Crippen molar-refractivity contribution in [3.8, 4) is 68.3 Å². The molecule has 0 aliphatic rings. The van der Waals surface area contributed by atoms with Crippen LogP contribution >= 0.6 is 0 Å². The second-order valence-electron chi connectivity index (χ2n) is 22.6. The van der Waals surface area contributed by atoms with Crippen LogP contribution in [0.25, 0.3) is 101 Å². The highest BCUT2D eigenvalue weighted by molar-refractivity contribution is 6.24. The van der Waals surface area contributed by atoms with E-state index >= 15 is 0 Å². The molecule has 338 valence electrons. The number of aromatic nitrogens is 6. The van der Waals surface area contributed by atoms with Crippen molar-refractivity contribution in [1.82, 2.24) is 29.9 Å². The van der Waals surface area contributed by atoms with E-state index in [2.05, 4.69) is 229 Å². The van der Waals surface area contributed by atoms with Crippen LogP contribution in [0.15, 0.2) is 146 Å². The van der Waals surface area contributed by atoms with Gasteiger partial charge in [0.2, 0.25) is 0 Å². The molecule has 0 bridgehead atoms. The molecule has 2 heterocycles. The predicted molar refractivity (Wildman–Crippen MR) is 284 cm³/mol. The molecule has 0 amide bonds. The van der Waals surface area contributed by atoms with E-state index in [0.717, 1.165) is 54.9 Å². The second-order valence-corrected chi connectivity index (χ2v) is 22.6. The van der Waals surface area contributed by atoms with Crippen molar-refractivity contribution in [2.45, 2.75) is 105 Å². The number of benzene rings is 8. The summed E-state index contributed by atoms with van der Waals surface area (Å²) in [4.78, 5) is 30.9. The van der Waals surface area contributed by atoms with Gasteiger partial charge in [0.25, 0.3) is 0 Å². The molecule has 0 saturated carbocycles. The van der Waals surface area contributed by atoms with E-state index in [1.165, 1.54) is 33.0 Å². The third-order valence-electron chi connectivity index (χ3n) is 13.4. The molecule has 0 unspecified atom stereocenters. The molecule has 68 heavy (non-hydrogen) atoms. The minimum absolute atomic E-state index is 0.0347. The third-order valence-corrected chi connectivity index (χ3v) is 13.4. The molecule has 8 aromatic carbocycles. The summed E-state index contributed by atoms with van der Waals surface area (Å²) >= 11 is 0. The van der Waals surface area contributed by atoms with E-state index in [1.54, 1.807) is 0 Å². The average molecular weight is 889 g/mol. The van der Waals surface area contributed by atoms with Gasteiger partial charge in [0.1, 0.15) is 0 Å². The van der Waals surface area contributed by atoms with Gasteiger partial charge in [-0.05, 0) is 100 Å². The summed E-state index contributed by atoms with van der Waals surface area (Å²) in [7, 11) is 0. The van der Waals surface area contributed by atoms with Crippen molar-refractivity contribution in [3.05, 3.63) is 168 Å². The van der Waals surface area contributed by atoms with Crippen molar-refractivity contribution < 1.29 is 0 Å². The van der Waals surface area contributed by atoms with Crippen molar-refractivity contribution >= 4 is 32.3 Å². The third kappa shape index (κ3) is 8.64. The molecule has 0 aliphatic carbocycles. The molecular weight excluding hydrogens is 829 g/mol. The van der Waals surface area contributed by atoms with Gasteiger partial charge in [-0.3, -0.25) is 0 Å². The van der Waals surface area contributed by atoms with E-state index in [0.29, 0.717) is 34.9 Å². The normalized spacial score (nSPS) is 12.7. The average Bonchev–Trinajstić information content (AvgIpc) is 3.31. The van der Waals surface area contributed by atoms with Gasteiger partial charge in [0.05, 0.1) is 0 Å². The fraction of sp³-hybridized carbons (Fsp3) is 0.258. The van der Waals surface area contributed by atoms with Crippen LogP contribution in [-0.2, 0) is 21.7 Å². The Morgan fingerprint density at radius 1 is 0.221 bits per heavy atom. The molecule has 0 aliphatic heterocycles. The zero-order valence-electron chi connectivity index (χ0n) is 41.5. The molecule has 0 saturated heterocycles. The Morgan fingerprint density at radius 3 is 0.574 bits per heavy atom. The topological polar surface area (TPSA) is 77.3 Å². The lowest BCUT2D eigenvalue weighted by Gasteiger charge is -2.19. The summed E-state index contributed by atoms with van der Waals surface area (Å²) < 4.78 is 0. The van der Waals surface area contributed by atoms with Crippen molar-refractivity contribution in [2.75, 3.05) is 0 Å². The zero-order valence-corrected chi connectivity index (χ0v) is 41.5. The van der Waals surface area contributed by atoms with Gasteiger partial charge in [0, 0.05) is 33.4 Å². The maximum Gasteiger partial charge on any atom is 0.164 e. The summed E-state index contributed by atoms with van der Waals surface area (Å²) in [5.74, 6) is 3.88. The molecule has 0 radical (unpaired) electrons. The summed E-state index contributed by atoms with van der Waals surface area (Å²) in [6.45, 7) is 26.8. The molecule has 2 aromatic heterocycles. The van der Waals surface area contributed by atoms with Gasteiger partial charge in [-0.1, -0.05) is 204 Å². The maximum atomic E-state index is 5.18. The van der Waals surface area contributed by atoms with E-state index in [9.17, 15) is 0 Å². The molecule has 0 spiro atoms.